The first-order chi connectivity index (χ1) is 13.5. The Kier molecular flexibility index (Phi) is 7.05. The summed E-state index contributed by atoms with van der Waals surface area (Å²) in [5.74, 6) is 0.960. The lowest BCUT2D eigenvalue weighted by Gasteiger charge is -2.36. The third-order valence-electron chi connectivity index (χ3n) is 5.00. The Morgan fingerprint density at radius 1 is 1.04 bits per heavy atom. The number of hydrogen-bond donors (Lipinski definition) is 0. The maximum Gasteiger partial charge on any atom is 0.236 e. The van der Waals surface area contributed by atoms with Crippen molar-refractivity contribution in [1.29, 1.82) is 0 Å². The van der Waals surface area contributed by atoms with E-state index >= 15 is 0 Å². The average molecular weight is 422 g/mol. The van der Waals surface area contributed by atoms with Gasteiger partial charge in [-0.05, 0) is 42.0 Å². The molecule has 0 radical (unpaired) electrons. The Bertz CT molecular complexity index is 806. The fraction of sp³-hybridized carbons (Fsp3) is 0.381. The highest BCUT2D eigenvalue weighted by molar-refractivity contribution is 6.42. The van der Waals surface area contributed by atoms with E-state index in [4.69, 9.17) is 27.9 Å². The molecule has 0 aliphatic carbocycles. The SMILES string of the molecule is COc1ccc(N2CCN(CC(=O)N(C)Cc3ccc(Cl)c(Cl)c3)CC2)cc1. The lowest BCUT2D eigenvalue weighted by Crippen LogP contribution is -2.49. The van der Waals surface area contributed by atoms with Crippen LogP contribution in [0.25, 0.3) is 0 Å². The normalized spacial score (nSPS) is 14.8. The Morgan fingerprint density at radius 2 is 1.71 bits per heavy atom. The smallest absolute Gasteiger partial charge is 0.236 e. The number of ether oxygens (including phenoxy) is 1. The van der Waals surface area contributed by atoms with Crippen molar-refractivity contribution in [2.24, 2.45) is 0 Å². The number of rotatable bonds is 6. The fourth-order valence-corrected chi connectivity index (χ4v) is 3.59. The van der Waals surface area contributed by atoms with Crippen LogP contribution in [0.4, 0.5) is 5.69 Å². The molecule has 2 aromatic carbocycles. The maximum atomic E-state index is 12.6. The predicted molar refractivity (Wildman–Crippen MR) is 115 cm³/mol. The van der Waals surface area contributed by atoms with Gasteiger partial charge < -0.3 is 14.5 Å². The molecule has 1 aliphatic heterocycles. The molecule has 1 aliphatic rings. The molecule has 3 rings (SSSR count). The van der Waals surface area contributed by atoms with Crippen molar-refractivity contribution in [3.8, 4) is 5.75 Å². The minimum atomic E-state index is 0.101. The molecule has 28 heavy (non-hydrogen) atoms. The van der Waals surface area contributed by atoms with E-state index in [1.54, 1.807) is 24.1 Å². The van der Waals surface area contributed by atoms with Crippen molar-refractivity contribution in [1.82, 2.24) is 9.80 Å². The third kappa shape index (κ3) is 5.31. The second-order valence-electron chi connectivity index (χ2n) is 6.96. The summed E-state index contributed by atoms with van der Waals surface area (Å²) in [4.78, 5) is 18.9. The van der Waals surface area contributed by atoms with Crippen molar-refractivity contribution < 1.29 is 9.53 Å². The number of carbonyl (C=O) groups excluding carboxylic acids is 1. The van der Waals surface area contributed by atoms with E-state index in [-0.39, 0.29) is 5.91 Å². The third-order valence-corrected chi connectivity index (χ3v) is 5.74. The number of halogens is 2. The van der Waals surface area contributed by atoms with Gasteiger partial charge in [0.2, 0.25) is 5.91 Å². The lowest BCUT2D eigenvalue weighted by molar-refractivity contribution is -0.131. The van der Waals surface area contributed by atoms with E-state index in [1.165, 1.54) is 5.69 Å². The monoisotopic (exact) mass is 421 g/mol. The maximum absolute atomic E-state index is 12.6. The van der Waals surface area contributed by atoms with Crippen LogP contribution >= 0.6 is 23.2 Å². The van der Waals surface area contributed by atoms with E-state index in [9.17, 15) is 4.79 Å². The summed E-state index contributed by atoms with van der Waals surface area (Å²) in [6.07, 6.45) is 0. The number of nitrogens with zero attached hydrogens (tertiary/aromatic N) is 3. The molecular formula is C21H25Cl2N3O2. The van der Waals surface area contributed by atoms with Gasteiger partial charge in [-0.15, -0.1) is 0 Å². The summed E-state index contributed by atoms with van der Waals surface area (Å²) in [6, 6.07) is 13.6. The highest BCUT2D eigenvalue weighted by Gasteiger charge is 2.21. The van der Waals surface area contributed by atoms with E-state index in [1.807, 2.05) is 25.2 Å². The summed E-state index contributed by atoms with van der Waals surface area (Å²) < 4.78 is 5.21. The quantitative estimate of drug-likeness (QED) is 0.710. The van der Waals surface area contributed by atoms with Crippen LogP contribution < -0.4 is 9.64 Å². The summed E-state index contributed by atoms with van der Waals surface area (Å²) in [6.45, 7) is 4.46. The minimum absolute atomic E-state index is 0.101. The van der Waals surface area contributed by atoms with Crippen LogP contribution in [0.15, 0.2) is 42.5 Å². The van der Waals surface area contributed by atoms with E-state index in [0.29, 0.717) is 23.1 Å². The second-order valence-corrected chi connectivity index (χ2v) is 7.77. The van der Waals surface area contributed by atoms with Crippen LogP contribution in [0, 0.1) is 0 Å². The van der Waals surface area contributed by atoms with E-state index in [0.717, 1.165) is 37.5 Å². The number of hydrogen-bond acceptors (Lipinski definition) is 4. The predicted octanol–water partition coefficient (Wildman–Crippen LogP) is 3.78. The van der Waals surface area contributed by atoms with Gasteiger partial charge in [-0.1, -0.05) is 29.3 Å². The highest BCUT2D eigenvalue weighted by atomic mass is 35.5. The van der Waals surface area contributed by atoms with Crippen LogP contribution in [0.1, 0.15) is 5.56 Å². The van der Waals surface area contributed by atoms with Crippen molar-refractivity contribution in [3.05, 3.63) is 58.1 Å². The number of likely N-dealkylation sites (N-methyl/N-ethyl adjacent to an activating group) is 1. The minimum Gasteiger partial charge on any atom is -0.497 e. The van der Waals surface area contributed by atoms with Gasteiger partial charge >= 0.3 is 0 Å². The van der Waals surface area contributed by atoms with Crippen LogP contribution in [-0.4, -0.2) is 62.6 Å². The first-order valence-electron chi connectivity index (χ1n) is 9.25. The highest BCUT2D eigenvalue weighted by Crippen LogP contribution is 2.23. The van der Waals surface area contributed by atoms with Gasteiger partial charge in [0.25, 0.3) is 0 Å². The molecule has 0 aromatic heterocycles. The summed E-state index contributed by atoms with van der Waals surface area (Å²) in [7, 11) is 3.49. The molecule has 0 saturated carbocycles. The fourth-order valence-electron chi connectivity index (χ4n) is 3.27. The molecule has 0 atom stereocenters. The Hall–Kier alpha value is -1.95. The number of anilines is 1. The Balaban J connectivity index is 1.47. The summed E-state index contributed by atoms with van der Waals surface area (Å²) in [5.41, 5.74) is 2.15. The van der Waals surface area contributed by atoms with Crippen LogP contribution in [0.2, 0.25) is 10.0 Å². The van der Waals surface area contributed by atoms with Gasteiger partial charge in [-0.25, -0.2) is 0 Å². The van der Waals surface area contributed by atoms with Crippen molar-refractivity contribution in [3.63, 3.8) is 0 Å². The van der Waals surface area contributed by atoms with Crippen LogP contribution in [0.3, 0.4) is 0 Å². The molecule has 1 amide bonds. The lowest BCUT2D eigenvalue weighted by atomic mass is 10.2. The molecule has 0 bridgehead atoms. The Morgan fingerprint density at radius 3 is 2.32 bits per heavy atom. The van der Waals surface area contributed by atoms with E-state index in [2.05, 4.69) is 21.9 Å². The molecule has 0 spiro atoms. The molecule has 0 N–H and O–H groups in total. The molecule has 5 nitrogen and oxygen atoms in total. The largest absolute Gasteiger partial charge is 0.497 e. The van der Waals surface area contributed by atoms with Gasteiger partial charge in [0.1, 0.15) is 5.75 Å². The van der Waals surface area contributed by atoms with Crippen LogP contribution in [0.5, 0.6) is 5.75 Å². The van der Waals surface area contributed by atoms with Crippen LogP contribution in [-0.2, 0) is 11.3 Å². The van der Waals surface area contributed by atoms with Gasteiger partial charge in [-0.2, -0.15) is 0 Å². The zero-order chi connectivity index (χ0) is 20.1. The molecule has 150 valence electrons. The zero-order valence-corrected chi connectivity index (χ0v) is 17.7. The first-order valence-corrected chi connectivity index (χ1v) is 10.0. The topological polar surface area (TPSA) is 36.0 Å². The second kappa shape index (κ2) is 9.50. The molecule has 1 saturated heterocycles. The van der Waals surface area contributed by atoms with Gasteiger partial charge in [-0.3, -0.25) is 9.69 Å². The van der Waals surface area contributed by atoms with Gasteiger partial charge in [0, 0.05) is 45.5 Å². The standard InChI is InChI=1S/C21H25Cl2N3O2/c1-24(14-16-3-8-19(22)20(23)13-16)21(27)15-25-9-11-26(12-10-25)17-4-6-18(28-2)7-5-17/h3-8,13H,9-12,14-15H2,1-2H3. The number of carbonyl (C=O) groups is 1. The molecular weight excluding hydrogens is 397 g/mol. The Labute approximate surface area is 176 Å². The zero-order valence-electron chi connectivity index (χ0n) is 16.2. The molecule has 7 heteroatoms. The van der Waals surface area contributed by atoms with E-state index < -0.39 is 0 Å². The molecule has 2 aromatic rings. The summed E-state index contributed by atoms with van der Waals surface area (Å²) in [5, 5.41) is 1.03. The number of methoxy groups -OCH3 is 1. The number of piperazine rings is 1. The van der Waals surface area contributed by atoms with Crippen molar-refractivity contribution in [2.45, 2.75) is 6.54 Å². The van der Waals surface area contributed by atoms with Gasteiger partial charge in [0.05, 0.1) is 23.7 Å². The van der Waals surface area contributed by atoms with Crippen molar-refractivity contribution in [2.75, 3.05) is 51.8 Å². The molecule has 1 fully saturated rings. The first kappa shape index (κ1) is 20.8. The van der Waals surface area contributed by atoms with Gasteiger partial charge in [0.15, 0.2) is 0 Å². The van der Waals surface area contributed by atoms with Crippen molar-refractivity contribution >= 4 is 34.8 Å². The number of amides is 1. The number of benzene rings is 2. The summed E-state index contributed by atoms with van der Waals surface area (Å²) >= 11 is 12.0. The molecule has 0 unspecified atom stereocenters. The molecule has 1 heterocycles. The average Bonchev–Trinajstić information content (AvgIpc) is 2.71.